The van der Waals surface area contributed by atoms with Crippen LogP contribution in [0, 0.1) is 0 Å². The van der Waals surface area contributed by atoms with E-state index >= 15 is 0 Å². The number of benzene rings is 1. The Morgan fingerprint density at radius 1 is 1.29 bits per heavy atom. The molecule has 0 saturated heterocycles. The normalized spacial score (nSPS) is 16.2. The Kier molecular flexibility index (Phi) is 3.55. The maximum atomic E-state index is 11.9. The fourth-order valence-corrected chi connectivity index (χ4v) is 4.06. The highest BCUT2D eigenvalue weighted by Gasteiger charge is 2.23. The van der Waals surface area contributed by atoms with Gasteiger partial charge in [0.25, 0.3) is 5.91 Å². The van der Waals surface area contributed by atoms with Crippen LogP contribution in [0.2, 0.25) is 0 Å². The first-order valence-corrected chi connectivity index (χ1v) is 8.38. The lowest BCUT2D eigenvalue weighted by Gasteiger charge is -2.17. The summed E-state index contributed by atoms with van der Waals surface area (Å²) in [7, 11) is -3.13. The van der Waals surface area contributed by atoms with Gasteiger partial charge in [0, 0.05) is 6.54 Å². The lowest BCUT2D eigenvalue weighted by Crippen LogP contribution is -2.23. The predicted octanol–water partition coefficient (Wildman–Crippen LogP) is 1.93. The molecule has 0 atom stereocenters. The minimum Gasteiger partial charge on any atom is -0.459 e. The molecule has 6 heteroatoms. The van der Waals surface area contributed by atoms with Crippen molar-refractivity contribution in [2.45, 2.75) is 24.3 Å². The van der Waals surface area contributed by atoms with Crippen molar-refractivity contribution in [1.29, 1.82) is 0 Å². The van der Waals surface area contributed by atoms with Gasteiger partial charge in [-0.15, -0.1) is 0 Å². The van der Waals surface area contributed by atoms with Crippen LogP contribution in [0.25, 0.3) is 0 Å². The molecule has 3 rings (SSSR count). The van der Waals surface area contributed by atoms with Crippen molar-refractivity contribution in [2.75, 3.05) is 5.75 Å². The van der Waals surface area contributed by atoms with Gasteiger partial charge in [0.2, 0.25) is 0 Å². The summed E-state index contributed by atoms with van der Waals surface area (Å²) >= 11 is 0. The number of sulfone groups is 1. The molecule has 1 aromatic carbocycles. The number of hydrogen-bond acceptors (Lipinski definition) is 4. The highest BCUT2D eigenvalue weighted by atomic mass is 32.2. The van der Waals surface area contributed by atoms with Gasteiger partial charge in [0.05, 0.1) is 16.9 Å². The van der Waals surface area contributed by atoms with Crippen molar-refractivity contribution in [3.05, 3.63) is 53.5 Å². The van der Waals surface area contributed by atoms with Gasteiger partial charge in [-0.05, 0) is 42.2 Å². The molecule has 21 heavy (non-hydrogen) atoms. The van der Waals surface area contributed by atoms with Crippen LogP contribution in [0.15, 0.2) is 45.9 Å². The van der Waals surface area contributed by atoms with Crippen LogP contribution in [0.5, 0.6) is 0 Å². The number of amides is 1. The van der Waals surface area contributed by atoms with E-state index in [2.05, 4.69) is 5.32 Å². The highest BCUT2D eigenvalue weighted by Crippen LogP contribution is 2.25. The Labute approximate surface area is 122 Å². The van der Waals surface area contributed by atoms with Gasteiger partial charge in [0.15, 0.2) is 15.6 Å². The summed E-state index contributed by atoms with van der Waals surface area (Å²) in [5.41, 5.74) is 1.72. The molecular formula is C15H15NO4S. The Bertz CT molecular complexity index is 763. The van der Waals surface area contributed by atoms with Crippen molar-refractivity contribution in [3.8, 4) is 0 Å². The maximum absolute atomic E-state index is 11.9. The SMILES string of the molecule is O=C(NCc1ccc2c(c1)CCCS2(=O)=O)c1ccco1. The third-order valence-corrected chi connectivity index (χ3v) is 5.41. The molecule has 1 aliphatic rings. The molecule has 1 aromatic heterocycles. The van der Waals surface area contributed by atoms with Crippen LogP contribution in [0.1, 0.15) is 28.1 Å². The molecule has 0 aliphatic carbocycles. The molecule has 2 heterocycles. The van der Waals surface area contributed by atoms with Crippen LogP contribution in [-0.2, 0) is 22.8 Å². The van der Waals surface area contributed by atoms with E-state index < -0.39 is 9.84 Å². The second-order valence-corrected chi connectivity index (χ2v) is 7.10. The Morgan fingerprint density at radius 2 is 2.14 bits per heavy atom. The largest absolute Gasteiger partial charge is 0.459 e. The van der Waals surface area contributed by atoms with E-state index in [0.29, 0.717) is 17.9 Å². The zero-order valence-corrected chi connectivity index (χ0v) is 12.2. The number of aryl methyl sites for hydroxylation is 1. The van der Waals surface area contributed by atoms with Crippen molar-refractivity contribution in [2.24, 2.45) is 0 Å². The molecular weight excluding hydrogens is 290 g/mol. The van der Waals surface area contributed by atoms with Gasteiger partial charge < -0.3 is 9.73 Å². The lowest BCUT2D eigenvalue weighted by molar-refractivity contribution is 0.0923. The summed E-state index contributed by atoms with van der Waals surface area (Å²) in [6.45, 7) is 0.340. The van der Waals surface area contributed by atoms with Crippen LogP contribution in [-0.4, -0.2) is 20.1 Å². The van der Waals surface area contributed by atoms with Gasteiger partial charge in [-0.25, -0.2) is 8.42 Å². The van der Waals surface area contributed by atoms with E-state index in [0.717, 1.165) is 17.5 Å². The summed E-state index contributed by atoms with van der Waals surface area (Å²) in [5, 5.41) is 2.75. The zero-order valence-electron chi connectivity index (χ0n) is 11.3. The lowest BCUT2D eigenvalue weighted by atomic mass is 10.1. The number of rotatable bonds is 3. The molecule has 0 unspecified atom stereocenters. The Hall–Kier alpha value is -2.08. The fourth-order valence-electron chi connectivity index (χ4n) is 2.48. The number of nitrogens with one attached hydrogen (secondary N) is 1. The van der Waals surface area contributed by atoms with Crippen molar-refractivity contribution >= 4 is 15.7 Å². The number of furan rings is 1. The Balaban J connectivity index is 1.74. The first-order valence-electron chi connectivity index (χ1n) is 6.72. The third kappa shape index (κ3) is 2.85. The van der Waals surface area contributed by atoms with E-state index in [-0.39, 0.29) is 17.4 Å². The van der Waals surface area contributed by atoms with Crippen LogP contribution < -0.4 is 5.32 Å². The number of carbonyl (C=O) groups excluding carboxylic acids is 1. The standard InChI is InChI=1S/C15H15NO4S/c17-15(13-4-1-7-20-13)16-10-11-5-6-14-12(9-11)3-2-8-21(14,18)19/h1,4-7,9H,2-3,8,10H2,(H,16,17). The van der Waals surface area contributed by atoms with Crippen molar-refractivity contribution in [1.82, 2.24) is 5.32 Å². The highest BCUT2D eigenvalue weighted by molar-refractivity contribution is 7.91. The fraction of sp³-hybridized carbons (Fsp3) is 0.267. The monoisotopic (exact) mass is 305 g/mol. The van der Waals surface area contributed by atoms with E-state index in [1.54, 1.807) is 24.3 Å². The van der Waals surface area contributed by atoms with Crippen molar-refractivity contribution < 1.29 is 17.6 Å². The van der Waals surface area contributed by atoms with Gasteiger partial charge in [-0.1, -0.05) is 12.1 Å². The second kappa shape index (κ2) is 5.37. The Morgan fingerprint density at radius 3 is 2.90 bits per heavy atom. The molecule has 1 N–H and O–H groups in total. The average Bonchev–Trinajstić information content (AvgIpc) is 2.98. The topological polar surface area (TPSA) is 76.4 Å². The first kappa shape index (κ1) is 13.9. The third-order valence-electron chi connectivity index (χ3n) is 3.52. The number of carbonyl (C=O) groups is 1. The first-order chi connectivity index (χ1) is 10.1. The summed E-state index contributed by atoms with van der Waals surface area (Å²) in [6.07, 6.45) is 2.85. The minimum atomic E-state index is -3.13. The van der Waals surface area contributed by atoms with Gasteiger partial charge in [-0.2, -0.15) is 0 Å². The molecule has 0 fully saturated rings. The zero-order chi connectivity index (χ0) is 14.9. The maximum Gasteiger partial charge on any atom is 0.287 e. The van der Waals surface area contributed by atoms with Crippen LogP contribution >= 0.6 is 0 Å². The summed E-state index contributed by atoms with van der Waals surface area (Å²) in [6, 6.07) is 8.48. The number of fused-ring (bicyclic) bond motifs is 1. The smallest absolute Gasteiger partial charge is 0.287 e. The minimum absolute atomic E-state index is 0.217. The van der Waals surface area contributed by atoms with E-state index in [4.69, 9.17) is 4.42 Å². The van der Waals surface area contributed by atoms with Crippen LogP contribution in [0.3, 0.4) is 0 Å². The average molecular weight is 305 g/mol. The van der Waals surface area contributed by atoms with Crippen molar-refractivity contribution in [3.63, 3.8) is 0 Å². The van der Waals surface area contributed by atoms with Gasteiger partial charge in [0.1, 0.15) is 0 Å². The molecule has 0 radical (unpaired) electrons. The predicted molar refractivity (Wildman–Crippen MR) is 76.7 cm³/mol. The molecule has 5 nitrogen and oxygen atoms in total. The van der Waals surface area contributed by atoms with Crippen LogP contribution in [0.4, 0.5) is 0 Å². The molecule has 1 amide bonds. The summed E-state index contributed by atoms with van der Waals surface area (Å²) < 4.78 is 28.9. The molecule has 110 valence electrons. The summed E-state index contributed by atoms with van der Waals surface area (Å²) in [5.74, 6) is 0.190. The van der Waals surface area contributed by atoms with Gasteiger partial charge in [-0.3, -0.25) is 4.79 Å². The van der Waals surface area contributed by atoms with Gasteiger partial charge >= 0.3 is 0 Å². The van der Waals surface area contributed by atoms with E-state index in [1.807, 2.05) is 6.07 Å². The molecule has 2 aromatic rings. The molecule has 0 saturated carbocycles. The molecule has 1 aliphatic heterocycles. The van der Waals surface area contributed by atoms with E-state index in [1.165, 1.54) is 6.26 Å². The summed E-state index contributed by atoms with van der Waals surface area (Å²) in [4.78, 5) is 12.2. The van der Waals surface area contributed by atoms with E-state index in [9.17, 15) is 13.2 Å². The molecule has 0 spiro atoms. The second-order valence-electron chi connectivity index (χ2n) is 5.02. The quantitative estimate of drug-likeness (QED) is 0.940. The molecule has 0 bridgehead atoms. The number of hydrogen-bond donors (Lipinski definition) is 1.